The highest BCUT2D eigenvalue weighted by molar-refractivity contribution is 7.99. The van der Waals surface area contributed by atoms with E-state index in [0.29, 0.717) is 6.04 Å². The maximum Gasteiger partial charge on any atom is 0.264 e. The predicted molar refractivity (Wildman–Crippen MR) is 83.4 cm³/mol. The number of hydrogen-bond acceptors (Lipinski definition) is 3. The number of carbonyl (C=O) groups is 1. The number of rotatable bonds is 2. The van der Waals surface area contributed by atoms with Gasteiger partial charge in [-0.3, -0.25) is 4.79 Å². The van der Waals surface area contributed by atoms with Crippen LogP contribution in [0.1, 0.15) is 29.6 Å². The van der Waals surface area contributed by atoms with Gasteiger partial charge in [-0.2, -0.15) is 11.8 Å². The molecule has 102 valence electrons. The number of carbonyl (C=O) groups excluding carboxylic acids is 1. The van der Waals surface area contributed by atoms with Crippen LogP contribution in [0.25, 0.3) is 10.1 Å². The zero-order chi connectivity index (χ0) is 13.4. The molecule has 0 atom stereocenters. The summed E-state index contributed by atoms with van der Waals surface area (Å²) in [6.45, 7) is 6.11. The van der Waals surface area contributed by atoms with Gasteiger partial charge in [0.25, 0.3) is 5.91 Å². The van der Waals surface area contributed by atoms with E-state index in [9.17, 15) is 4.79 Å². The second-order valence-corrected chi connectivity index (χ2v) is 7.44. The third-order valence-corrected chi connectivity index (χ3v) is 5.47. The summed E-state index contributed by atoms with van der Waals surface area (Å²) in [5, 5.41) is 1.19. The molecule has 3 nitrogen and oxygen atoms in total. The SMILES string of the molecule is CC(C)n1cc2cc(C(=O)N3CCSCC3)sc2c1. The Bertz CT molecular complexity index is 562. The minimum atomic E-state index is 0.206. The molecule has 0 unspecified atom stereocenters. The Labute approximate surface area is 121 Å². The molecule has 3 heterocycles. The molecule has 2 aromatic rings. The van der Waals surface area contributed by atoms with E-state index >= 15 is 0 Å². The maximum absolute atomic E-state index is 12.4. The molecule has 5 heteroatoms. The van der Waals surface area contributed by atoms with Gasteiger partial charge in [-0.05, 0) is 19.9 Å². The van der Waals surface area contributed by atoms with Crippen molar-refractivity contribution in [3.8, 4) is 0 Å². The molecule has 0 bridgehead atoms. The Morgan fingerprint density at radius 1 is 1.26 bits per heavy atom. The Morgan fingerprint density at radius 2 is 2.00 bits per heavy atom. The monoisotopic (exact) mass is 294 g/mol. The molecule has 3 rings (SSSR count). The fourth-order valence-electron chi connectivity index (χ4n) is 2.28. The number of hydrogen-bond donors (Lipinski definition) is 0. The fraction of sp³-hybridized carbons (Fsp3) is 0.500. The van der Waals surface area contributed by atoms with Crippen molar-refractivity contribution >= 4 is 39.1 Å². The molecule has 1 aliphatic heterocycles. The minimum absolute atomic E-state index is 0.206. The molecule has 1 saturated heterocycles. The molecule has 1 amide bonds. The van der Waals surface area contributed by atoms with Gasteiger partial charge >= 0.3 is 0 Å². The third-order valence-electron chi connectivity index (χ3n) is 3.45. The largest absolute Gasteiger partial charge is 0.350 e. The zero-order valence-corrected chi connectivity index (χ0v) is 12.9. The van der Waals surface area contributed by atoms with Gasteiger partial charge in [-0.15, -0.1) is 11.3 Å². The van der Waals surface area contributed by atoms with E-state index in [1.165, 1.54) is 10.1 Å². The van der Waals surface area contributed by atoms with Crippen molar-refractivity contribution in [3.63, 3.8) is 0 Å². The van der Waals surface area contributed by atoms with Gasteiger partial charge in [0.05, 0.1) is 9.58 Å². The number of fused-ring (bicyclic) bond motifs is 1. The van der Waals surface area contributed by atoms with E-state index in [-0.39, 0.29) is 5.91 Å². The molecule has 0 aromatic carbocycles. The summed E-state index contributed by atoms with van der Waals surface area (Å²) >= 11 is 3.55. The average molecular weight is 294 g/mol. The van der Waals surface area contributed by atoms with Crippen molar-refractivity contribution in [3.05, 3.63) is 23.3 Å². The van der Waals surface area contributed by atoms with Crippen LogP contribution in [0.15, 0.2) is 18.5 Å². The first-order valence-electron chi connectivity index (χ1n) is 6.63. The van der Waals surface area contributed by atoms with E-state index in [1.54, 1.807) is 11.3 Å². The molecule has 0 saturated carbocycles. The highest BCUT2D eigenvalue weighted by atomic mass is 32.2. The molecular formula is C14H18N2OS2. The Kier molecular flexibility index (Phi) is 3.58. The van der Waals surface area contributed by atoms with Crippen LogP contribution in [0.4, 0.5) is 0 Å². The third kappa shape index (κ3) is 2.54. The van der Waals surface area contributed by atoms with Crippen molar-refractivity contribution in [1.29, 1.82) is 0 Å². The second kappa shape index (κ2) is 5.21. The van der Waals surface area contributed by atoms with Gasteiger partial charge in [0, 0.05) is 48.4 Å². The highest BCUT2D eigenvalue weighted by Gasteiger charge is 2.20. The van der Waals surface area contributed by atoms with Crippen molar-refractivity contribution in [2.24, 2.45) is 0 Å². The molecule has 0 N–H and O–H groups in total. The topological polar surface area (TPSA) is 25.2 Å². The summed E-state index contributed by atoms with van der Waals surface area (Å²) in [4.78, 5) is 15.3. The summed E-state index contributed by atoms with van der Waals surface area (Å²) in [5.41, 5.74) is 0. The average Bonchev–Trinajstić information content (AvgIpc) is 2.97. The molecule has 0 radical (unpaired) electrons. The first-order valence-corrected chi connectivity index (χ1v) is 8.60. The van der Waals surface area contributed by atoms with Gasteiger partial charge in [0.15, 0.2) is 0 Å². The zero-order valence-electron chi connectivity index (χ0n) is 11.3. The Balaban J connectivity index is 1.84. The lowest BCUT2D eigenvalue weighted by atomic mass is 10.3. The number of nitrogens with zero attached hydrogens (tertiary/aromatic N) is 2. The van der Waals surface area contributed by atoms with Gasteiger partial charge in [-0.1, -0.05) is 0 Å². The normalized spacial score (nSPS) is 16.5. The quantitative estimate of drug-likeness (QED) is 0.847. The van der Waals surface area contributed by atoms with Crippen molar-refractivity contribution < 1.29 is 4.79 Å². The van der Waals surface area contributed by atoms with Crippen molar-refractivity contribution in [2.45, 2.75) is 19.9 Å². The Morgan fingerprint density at radius 3 is 2.63 bits per heavy atom. The van der Waals surface area contributed by atoms with Gasteiger partial charge in [-0.25, -0.2) is 0 Å². The van der Waals surface area contributed by atoms with Crippen LogP contribution in [0.5, 0.6) is 0 Å². The fourth-order valence-corrected chi connectivity index (χ4v) is 4.23. The lowest BCUT2D eigenvalue weighted by Gasteiger charge is -2.25. The number of aromatic nitrogens is 1. The number of thioether (sulfide) groups is 1. The van der Waals surface area contributed by atoms with E-state index in [0.717, 1.165) is 29.5 Å². The summed E-state index contributed by atoms with van der Waals surface area (Å²) in [6, 6.07) is 2.51. The molecule has 2 aromatic heterocycles. The standard InChI is InChI=1S/C14H18N2OS2/c1-10(2)16-8-11-7-12(19-13(11)9-16)14(17)15-3-5-18-6-4-15/h7-10H,3-6H2,1-2H3. The number of amides is 1. The van der Waals surface area contributed by atoms with E-state index < -0.39 is 0 Å². The molecule has 1 aliphatic rings. The van der Waals surface area contributed by atoms with Crippen LogP contribution in [-0.2, 0) is 0 Å². The minimum Gasteiger partial charge on any atom is -0.350 e. The highest BCUT2D eigenvalue weighted by Crippen LogP contribution is 2.29. The summed E-state index contributed by atoms with van der Waals surface area (Å²) < 4.78 is 3.41. The van der Waals surface area contributed by atoms with Crippen LogP contribution in [-0.4, -0.2) is 40.0 Å². The van der Waals surface area contributed by atoms with Crippen LogP contribution in [0, 0.1) is 0 Å². The van der Waals surface area contributed by atoms with Gasteiger partial charge in [0.2, 0.25) is 0 Å². The van der Waals surface area contributed by atoms with Gasteiger partial charge < -0.3 is 9.47 Å². The van der Waals surface area contributed by atoms with E-state index in [2.05, 4.69) is 30.8 Å². The maximum atomic E-state index is 12.4. The lowest BCUT2D eigenvalue weighted by Crippen LogP contribution is -2.37. The molecule has 0 spiro atoms. The first-order chi connectivity index (χ1) is 9.15. The van der Waals surface area contributed by atoms with Crippen LogP contribution >= 0.6 is 23.1 Å². The van der Waals surface area contributed by atoms with Crippen LogP contribution in [0.2, 0.25) is 0 Å². The first kappa shape index (κ1) is 13.1. The predicted octanol–water partition coefficient (Wildman–Crippen LogP) is 3.47. The molecular weight excluding hydrogens is 276 g/mol. The second-order valence-electron chi connectivity index (χ2n) is 5.13. The Hall–Kier alpha value is -0.940. The van der Waals surface area contributed by atoms with Crippen LogP contribution in [0.3, 0.4) is 0 Å². The number of thiophene rings is 1. The summed E-state index contributed by atoms with van der Waals surface area (Å²) in [7, 11) is 0. The molecule has 0 aliphatic carbocycles. The van der Waals surface area contributed by atoms with E-state index in [4.69, 9.17) is 0 Å². The molecule has 1 fully saturated rings. The smallest absolute Gasteiger partial charge is 0.264 e. The van der Waals surface area contributed by atoms with Gasteiger partial charge in [0.1, 0.15) is 0 Å². The van der Waals surface area contributed by atoms with Crippen molar-refractivity contribution in [2.75, 3.05) is 24.6 Å². The summed E-state index contributed by atoms with van der Waals surface area (Å²) in [5.74, 6) is 2.34. The van der Waals surface area contributed by atoms with Crippen LogP contribution < -0.4 is 0 Å². The van der Waals surface area contributed by atoms with E-state index in [1.807, 2.05) is 22.7 Å². The molecule has 19 heavy (non-hydrogen) atoms. The lowest BCUT2D eigenvalue weighted by molar-refractivity contribution is 0.0777. The van der Waals surface area contributed by atoms with Crippen molar-refractivity contribution in [1.82, 2.24) is 9.47 Å². The summed E-state index contributed by atoms with van der Waals surface area (Å²) in [6.07, 6.45) is 4.28.